The van der Waals surface area contributed by atoms with E-state index in [0.717, 1.165) is 59.3 Å². The number of fused-ring (bicyclic) bond motifs is 11. The number of aromatic nitrogens is 2. The molecule has 0 aliphatic heterocycles. The van der Waals surface area contributed by atoms with Gasteiger partial charge in [-0.2, -0.15) is 0 Å². The molecule has 0 aliphatic rings. The Hall–Kier alpha value is -7.61. The number of hydrogen-bond donors (Lipinski definition) is 0. The summed E-state index contributed by atoms with van der Waals surface area (Å²) in [5.41, 5.74) is 10.8. The van der Waals surface area contributed by atoms with Crippen LogP contribution >= 0.6 is 22.6 Å². The van der Waals surface area contributed by atoms with E-state index in [1.807, 2.05) is 19.1 Å². The van der Waals surface area contributed by atoms with Crippen molar-refractivity contribution in [2.45, 2.75) is 6.92 Å². The predicted molar refractivity (Wildman–Crippen MR) is 281 cm³/mol. The highest BCUT2D eigenvalue weighted by molar-refractivity contribution is 14.1. The molecule has 2 heterocycles. The van der Waals surface area contributed by atoms with Crippen LogP contribution < -0.4 is 0 Å². The van der Waals surface area contributed by atoms with Crippen molar-refractivity contribution in [1.29, 1.82) is 0 Å². The maximum atomic E-state index is 5.38. The highest BCUT2D eigenvalue weighted by atomic mass is 127. The van der Waals surface area contributed by atoms with Gasteiger partial charge in [-0.25, -0.2) is 9.98 Å². The Labute approximate surface area is 383 Å². The fourth-order valence-corrected chi connectivity index (χ4v) is 10.3. The van der Waals surface area contributed by atoms with Crippen LogP contribution in [0.1, 0.15) is 23.6 Å². The van der Waals surface area contributed by atoms with Crippen LogP contribution in [0.3, 0.4) is 0 Å². The molecule has 0 fully saturated rings. The molecule has 302 valence electrons. The Morgan fingerprint density at radius 2 is 1.06 bits per heavy atom. The van der Waals surface area contributed by atoms with Gasteiger partial charge < -0.3 is 9.13 Å². The Balaban J connectivity index is 1.18. The summed E-state index contributed by atoms with van der Waals surface area (Å²) >= 11 is 2.36. The highest BCUT2D eigenvalue weighted by Gasteiger charge is 2.23. The van der Waals surface area contributed by atoms with Gasteiger partial charge in [0.25, 0.3) is 0 Å². The first-order valence-electron chi connectivity index (χ1n) is 21.6. The van der Waals surface area contributed by atoms with Crippen LogP contribution in [0.2, 0.25) is 0 Å². The van der Waals surface area contributed by atoms with Gasteiger partial charge in [0.2, 0.25) is 0 Å². The van der Waals surface area contributed by atoms with Crippen LogP contribution in [0, 0.1) is 0 Å². The van der Waals surface area contributed by atoms with Crippen LogP contribution in [0.4, 0.5) is 0 Å². The quantitative estimate of drug-likeness (QED) is 0.0905. The first-order valence-corrected chi connectivity index (χ1v) is 22.7. The third kappa shape index (κ3) is 6.18. The summed E-state index contributed by atoms with van der Waals surface area (Å²) in [6.07, 6.45) is 2.07. The molecule has 0 unspecified atom stereocenters. The van der Waals surface area contributed by atoms with E-state index in [0.29, 0.717) is 5.84 Å². The largest absolute Gasteiger partial charge is 0.309 e. The topological polar surface area (TPSA) is 34.6 Å². The Morgan fingerprint density at radius 1 is 0.438 bits per heavy atom. The van der Waals surface area contributed by atoms with Crippen LogP contribution in [-0.4, -0.2) is 18.7 Å². The van der Waals surface area contributed by atoms with E-state index in [4.69, 9.17) is 9.98 Å². The summed E-state index contributed by atoms with van der Waals surface area (Å²) in [5.74, 6) is 0.655. The van der Waals surface area contributed by atoms with E-state index < -0.39 is 0 Å². The molecule has 0 saturated carbocycles. The number of rotatable bonds is 6. The fraction of sp³-hybridized carbons (Fsp3) is 0.0169. The molecule has 0 spiro atoms. The minimum atomic E-state index is 0.655. The lowest BCUT2D eigenvalue weighted by Gasteiger charge is -2.15. The van der Waals surface area contributed by atoms with Gasteiger partial charge in [0, 0.05) is 43.7 Å². The molecule has 0 N–H and O–H groups in total. The molecule has 64 heavy (non-hydrogen) atoms. The summed E-state index contributed by atoms with van der Waals surface area (Å²) < 4.78 is 5.84. The van der Waals surface area contributed by atoms with Gasteiger partial charge in [-0.15, -0.1) is 0 Å². The summed E-state index contributed by atoms with van der Waals surface area (Å²) in [6, 6.07) is 76.3. The predicted octanol–water partition coefficient (Wildman–Crippen LogP) is 16.0. The van der Waals surface area contributed by atoms with Crippen LogP contribution in [0.25, 0.3) is 93.0 Å². The van der Waals surface area contributed by atoms with Gasteiger partial charge in [0.1, 0.15) is 3.72 Å². The maximum absolute atomic E-state index is 5.38. The first kappa shape index (κ1) is 38.1. The van der Waals surface area contributed by atoms with Crippen LogP contribution in [0.15, 0.2) is 228 Å². The molecule has 4 nitrogen and oxygen atoms in total. The average molecular weight is 931 g/mol. The normalized spacial score (nSPS) is 12.8. The molecule has 5 heteroatoms. The Morgan fingerprint density at radius 3 is 1.88 bits per heavy atom. The van der Waals surface area contributed by atoms with Crippen molar-refractivity contribution < 1.29 is 0 Å². The van der Waals surface area contributed by atoms with Crippen LogP contribution in [-0.2, 0) is 0 Å². The molecule has 0 saturated heterocycles. The second kappa shape index (κ2) is 15.6. The van der Waals surface area contributed by atoms with Gasteiger partial charge in [-0.3, -0.25) is 0 Å². The third-order valence-electron chi connectivity index (χ3n) is 12.6. The molecule has 2 aromatic heterocycles. The molecule has 0 bridgehead atoms. The molecular formula is C59H39IN4. The lowest BCUT2D eigenvalue weighted by Crippen LogP contribution is -2.04. The van der Waals surface area contributed by atoms with E-state index in [2.05, 4.69) is 238 Å². The zero-order valence-corrected chi connectivity index (χ0v) is 37.1. The summed E-state index contributed by atoms with van der Waals surface area (Å²) in [6.45, 7) is 2.04. The van der Waals surface area contributed by atoms with E-state index in [1.165, 1.54) is 54.1 Å². The molecule has 0 amide bonds. The molecule has 12 aromatic rings. The maximum Gasteiger partial charge on any atom is 0.161 e. The number of halogens is 1. The molecular weight excluding hydrogens is 892 g/mol. The van der Waals surface area contributed by atoms with E-state index >= 15 is 0 Å². The second-order valence-electron chi connectivity index (χ2n) is 16.2. The summed E-state index contributed by atoms with van der Waals surface area (Å²) in [4.78, 5) is 10.7. The van der Waals surface area contributed by atoms with Crippen molar-refractivity contribution in [2.75, 3.05) is 0 Å². The number of nitrogens with zero attached hydrogens (tertiary/aromatic N) is 4. The van der Waals surface area contributed by atoms with Crippen molar-refractivity contribution in [3.8, 4) is 11.4 Å². The fourth-order valence-electron chi connectivity index (χ4n) is 9.75. The first-order chi connectivity index (χ1) is 31.6. The van der Waals surface area contributed by atoms with E-state index in [9.17, 15) is 0 Å². The minimum absolute atomic E-state index is 0.655. The monoisotopic (exact) mass is 930 g/mol. The number of aliphatic imine (C=N–C) groups is 2. The third-order valence-corrected chi connectivity index (χ3v) is 13.5. The van der Waals surface area contributed by atoms with Crippen molar-refractivity contribution in [3.05, 3.63) is 235 Å². The van der Waals surface area contributed by atoms with Gasteiger partial charge in [-0.05, 0) is 98.4 Å². The standard InChI is InChI=1S/C59H39IN4/c1-2-50(40-19-5-3-6-20-40)61-59(62-58(60)41-21-7-4-8-22-41)47-28-15-27-46-45(47)26-16-30-51(46)64-53-35-32-39-18-11-12-24-44(39)55(53)49-34-36-54-56(57(49)64)48-25-13-14-29-52(48)63(54)43-33-31-38-17-9-10-23-42(38)37-43/h2-37H,1H3/b50-2+,61-59?,62-58?. The number of amidine groups is 1. The minimum Gasteiger partial charge on any atom is -0.309 e. The zero-order valence-electron chi connectivity index (χ0n) is 35.0. The lowest BCUT2D eigenvalue weighted by molar-refractivity contribution is 1.18. The Bertz CT molecular complexity index is 3910. The van der Waals surface area contributed by atoms with Gasteiger partial charge in [0.15, 0.2) is 5.84 Å². The van der Waals surface area contributed by atoms with Crippen LogP contribution in [0.5, 0.6) is 0 Å². The number of para-hydroxylation sites is 1. The van der Waals surface area contributed by atoms with Gasteiger partial charge in [-0.1, -0.05) is 182 Å². The lowest BCUT2D eigenvalue weighted by atomic mass is 10.0. The summed E-state index contributed by atoms with van der Waals surface area (Å²) in [7, 11) is 0. The summed E-state index contributed by atoms with van der Waals surface area (Å²) in [5, 5.41) is 12.0. The van der Waals surface area contributed by atoms with Crippen molar-refractivity contribution >= 4 is 114 Å². The SMILES string of the molecule is C/C=C(/N=C(N=C(I)c1ccccc1)c1cccc2c(-n3c4ccc5ccccc5c4c4ccc5c(c6ccccc6n5-c5ccc6ccccc6c5)c43)cccc12)c1ccccc1. The van der Waals surface area contributed by atoms with Gasteiger partial charge >= 0.3 is 0 Å². The van der Waals surface area contributed by atoms with Crippen molar-refractivity contribution in [2.24, 2.45) is 9.98 Å². The van der Waals surface area contributed by atoms with Gasteiger partial charge in [0.05, 0.1) is 33.5 Å². The molecule has 0 aliphatic carbocycles. The second-order valence-corrected chi connectivity index (χ2v) is 17.2. The van der Waals surface area contributed by atoms with Crippen molar-refractivity contribution in [1.82, 2.24) is 9.13 Å². The number of benzene rings is 10. The Kier molecular flexibility index (Phi) is 9.30. The molecule has 0 radical (unpaired) electrons. The zero-order chi connectivity index (χ0) is 42.7. The number of hydrogen-bond acceptors (Lipinski definition) is 1. The molecule has 12 rings (SSSR count). The molecule has 10 aromatic carbocycles. The van der Waals surface area contributed by atoms with E-state index in [-0.39, 0.29) is 0 Å². The smallest absolute Gasteiger partial charge is 0.161 e. The van der Waals surface area contributed by atoms with E-state index in [1.54, 1.807) is 0 Å². The molecule has 0 atom stereocenters. The number of allylic oxidation sites excluding steroid dienone is 1. The average Bonchev–Trinajstić information content (AvgIpc) is 3.88. The highest BCUT2D eigenvalue weighted by Crippen LogP contribution is 2.45. The van der Waals surface area contributed by atoms with Crippen molar-refractivity contribution in [3.63, 3.8) is 0 Å².